The molecule has 0 aliphatic carbocycles. The Labute approximate surface area is 131 Å². The summed E-state index contributed by atoms with van der Waals surface area (Å²) in [5.41, 5.74) is 2.69. The van der Waals surface area contributed by atoms with E-state index >= 15 is 0 Å². The molecule has 0 aliphatic rings. The summed E-state index contributed by atoms with van der Waals surface area (Å²) in [4.78, 5) is 0. The average Bonchev–Trinajstić information content (AvgIpc) is 2.42. The van der Waals surface area contributed by atoms with Gasteiger partial charge in [0.1, 0.15) is 0 Å². The summed E-state index contributed by atoms with van der Waals surface area (Å²) in [6.07, 6.45) is 5.15. The normalized spacial score (nSPS) is 13.4. The molecule has 1 unspecified atom stereocenters. The number of hydrogen-bond donors (Lipinski definition) is 1. The van der Waals surface area contributed by atoms with Gasteiger partial charge in [-0.15, -0.1) is 0 Å². The molecule has 0 saturated heterocycles. The quantitative estimate of drug-likeness (QED) is 0.645. The summed E-state index contributed by atoms with van der Waals surface area (Å²) < 4.78 is 6.15. The summed E-state index contributed by atoms with van der Waals surface area (Å²) in [6.45, 7) is 12.7. The molecule has 1 atom stereocenters. The van der Waals surface area contributed by atoms with Crippen molar-refractivity contribution in [3.63, 3.8) is 0 Å². The minimum Gasteiger partial charge on any atom is -0.372 e. The molecule has 0 amide bonds. The standard InChI is InChI=1S/C19H33NO/c1-6-7-8-9-14-21-18(15-20-19(3,4)5)17-12-10-16(2)11-13-17/h10-13,18,20H,6-9,14-15H2,1-5H3. The highest BCUT2D eigenvalue weighted by molar-refractivity contribution is 5.23. The van der Waals surface area contributed by atoms with Crippen molar-refractivity contribution >= 4 is 0 Å². The van der Waals surface area contributed by atoms with Gasteiger partial charge in [0.15, 0.2) is 0 Å². The molecule has 0 spiro atoms. The number of aryl methyl sites for hydroxylation is 1. The van der Waals surface area contributed by atoms with Gasteiger partial charge in [-0.25, -0.2) is 0 Å². The molecule has 0 heterocycles. The van der Waals surface area contributed by atoms with Crippen molar-refractivity contribution in [3.05, 3.63) is 35.4 Å². The Kier molecular flexibility index (Phi) is 7.98. The van der Waals surface area contributed by atoms with E-state index in [0.717, 1.165) is 19.6 Å². The third-order valence-electron chi connectivity index (χ3n) is 3.58. The van der Waals surface area contributed by atoms with E-state index in [2.05, 4.69) is 64.2 Å². The van der Waals surface area contributed by atoms with Crippen LogP contribution in [0.1, 0.15) is 70.6 Å². The zero-order chi connectivity index (χ0) is 15.7. The molecular formula is C19H33NO. The van der Waals surface area contributed by atoms with Crippen LogP contribution >= 0.6 is 0 Å². The number of unbranched alkanes of at least 4 members (excludes halogenated alkanes) is 3. The van der Waals surface area contributed by atoms with Crippen LogP contribution in [0.3, 0.4) is 0 Å². The Morgan fingerprint density at radius 2 is 1.71 bits per heavy atom. The van der Waals surface area contributed by atoms with Crippen molar-refractivity contribution in [1.29, 1.82) is 0 Å². The van der Waals surface area contributed by atoms with E-state index in [-0.39, 0.29) is 11.6 Å². The third-order valence-corrected chi connectivity index (χ3v) is 3.58. The lowest BCUT2D eigenvalue weighted by Gasteiger charge is -2.26. The minimum atomic E-state index is 0.120. The molecule has 1 aromatic rings. The Morgan fingerprint density at radius 3 is 2.29 bits per heavy atom. The fourth-order valence-corrected chi connectivity index (χ4v) is 2.21. The van der Waals surface area contributed by atoms with Crippen LogP contribution in [0.2, 0.25) is 0 Å². The first kappa shape index (κ1) is 18.2. The van der Waals surface area contributed by atoms with Crippen molar-refractivity contribution in [2.45, 2.75) is 71.9 Å². The maximum atomic E-state index is 6.15. The number of benzene rings is 1. The van der Waals surface area contributed by atoms with Crippen LogP contribution in [0.5, 0.6) is 0 Å². The van der Waals surface area contributed by atoms with Crippen molar-refractivity contribution in [1.82, 2.24) is 5.32 Å². The molecule has 0 saturated carbocycles. The molecule has 0 aliphatic heterocycles. The van der Waals surface area contributed by atoms with Crippen molar-refractivity contribution in [2.24, 2.45) is 0 Å². The average molecular weight is 291 g/mol. The fraction of sp³-hybridized carbons (Fsp3) is 0.684. The summed E-state index contributed by atoms with van der Waals surface area (Å²) in [5.74, 6) is 0. The molecule has 2 nitrogen and oxygen atoms in total. The number of rotatable bonds is 9. The van der Waals surface area contributed by atoms with Gasteiger partial charge in [0, 0.05) is 18.7 Å². The molecule has 0 radical (unpaired) electrons. The fourth-order valence-electron chi connectivity index (χ4n) is 2.21. The Balaban J connectivity index is 2.55. The van der Waals surface area contributed by atoms with Gasteiger partial charge in [-0.3, -0.25) is 0 Å². The van der Waals surface area contributed by atoms with Crippen LogP contribution in [0.4, 0.5) is 0 Å². The summed E-state index contributed by atoms with van der Waals surface area (Å²) in [5, 5.41) is 3.56. The summed E-state index contributed by atoms with van der Waals surface area (Å²) in [6, 6.07) is 8.71. The number of ether oxygens (including phenoxy) is 1. The molecule has 2 heteroatoms. The van der Waals surface area contributed by atoms with Crippen LogP contribution in [0.25, 0.3) is 0 Å². The second kappa shape index (κ2) is 9.22. The first-order chi connectivity index (χ1) is 9.92. The van der Waals surface area contributed by atoms with Crippen LogP contribution < -0.4 is 5.32 Å². The Morgan fingerprint density at radius 1 is 1.05 bits per heavy atom. The molecule has 0 bridgehead atoms. The lowest BCUT2D eigenvalue weighted by molar-refractivity contribution is 0.0457. The lowest BCUT2D eigenvalue weighted by Crippen LogP contribution is -2.39. The van der Waals surface area contributed by atoms with E-state index < -0.39 is 0 Å². The first-order valence-electron chi connectivity index (χ1n) is 8.35. The summed E-state index contributed by atoms with van der Waals surface area (Å²) in [7, 11) is 0. The predicted molar refractivity (Wildman–Crippen MR) is 91.8 cm³/mol. The van der Waals surface area contributed by atoms with E-state index in [9.17, 15) is 0 Å². The highest BCUT2D eigenvalue weighted by Crippen LogP contribution is 2.19. The molecule has 21 heavy (non-hydrogen) atoms. The second-order valence-corrected chi connectivity index (χ2v) is 6.96. The predicted octanol–water partition coefficient (Wildman–Crippen LogP) is 5.02. The van der Waals surface area contributed by atoms with Gasteiger partial charge in [0.2, 0.25) is 0 Å². The van der Waals surface area contributed by atoms with Crippen molar-refractivity contribution < 1.29 is 4.74 Å². The van der Waals surface area contributed by atoms with Crippen LogP contribution in [0.15, 0.2) is 24.3 Å². The van der Waals surface area contributed by atoms with Crippen molar-refractivity contribution in [3.8, 4) is 0 Å². The van der Waals surface area contributed by atoms with Crippen molar-refractivity contribution in [2.75, 3.05) is 13.2 Å². The molecule has 120 valence electrons. The van der Waals surface area contributed by atoms with E-state index in [1.807, 2.05) is 0 Å². The van der Waals surface area contributed by atoms with Gasteiger partial charge in [0.05, 0.1) is 6.10 Å². The molecule has 1 aromatic carbocycles. The second-order valence-electron chi connectivity index (χ2n) is 6.96. The summed E-state index contributed by atoms with van der Waals surface area (Å²) >= 11 is 0. The first-order valence-corrected chi connectivity index (χ1v) is 8.35. The molecule has 1 rings (SSSR count). The molecule has 0 aromatic heterocycles. The number of hydrogen-bond acceptors (Lipinski definition) is 2. The monoisotopic (exact) mass is 291 g/mol. The SMILES string of the molecule is CCCCCCOC(CNC(C)(C)C)c1ccc(C)cc1. The van der Waals surface area contributed by atoms with Gasteiger partial charge in [-0.1, -0.05) is 56.0 Å². The van der Waals surface area contributed by atoms with Gasteiger partial charge >= 0.3 is 0 Å². The van der Waals surface area contributed by atoms with Crippen LogP contribution in [-0.4, -0.2) is 18.7 Å². The van der Waals surface area contributed by atoms with E-state index in [4.69, 9.17) is 4.74 Å². The van der Waals surface area contributed by atoms with Gasteiger partial charge in [-0.05, 0) is 39.7 Å². The van der Waals surface area contributed by atoms with E-state index in [0.29, 0.717) is 0 Å². The van der Waals surface area contributed by atoms with Gasteiger partial charge < -0.3 is 10.1 Å². The molecule has 1 N–H and O–H groups in total. The highest BCUT2D eigenvalue weighted by Gasteiger charge is 2.16. The zero-order valence-electron chi connectivity index (χ0n) is 14.5. The van der Waals surface area contributed by atoms with E-state index in [1.54, 1.807) is 0 Å². The van der Waals surface area contributed by atoms with Crippen LogP contribution in [-0.2, 0) is 4.74 Å². The number of nitrogens with one attached hydrogen (secondary N) is 1. The van der Waals surface area contributed by atoms with E-state index in [1.165, 1.54) is 30.4 Å². The molecule has 0 fully saturated rings. The lowest BCUT2D eigenvalue weighted by atomic mass is 10.0. The maximum absolute atomic E-state index is 6.15. The van der Waals surface area contributed by atoms with Crippen LogP contribution in [0, 0.1) is 6.92 Å². The largest absolute Gasteiger partial charge is 0.372 e. The third kappa shape index (κ3) is 8.23. The van der Waals surface area contributed by atoms with Gasteiger partial charge in [-0.2, -0.15) is 0 Å². The zero-order valence-corrected chi connectivity index (χ0v) is 14.5. The maximum Gasteiger partial charge on any atom is 0.0949 e. The van der Waals surface area contributed by atoms with Gasteiger partial charge in [0.25, 0.3) is 0 Å². The minimum absolute atomic E-state index is 0.120. The Hall–Kier alpha value is -0.860. The topological polar surface area (TPSA) is 21.3 Å². The molecular weight excluding hydrogens is 258 g/mol. The smallest absolute Gasteiger partial charge is 0.0949 e. The Bertz CT molecular complexity index is 378. The highest BCUT2D eigenvalue weighted by atomic mass is 16.5.